The number of amides is 2. The van der Waals surface area contributed by atoms with E-state index >= 15 is 0 Å². The maximum Gasteiger partial charge on any atom is 0.317 e. The number of nitrogens with one attached hydrogen (secondary N) is 1. The van der Waals surface area contributed by atoms with Gasteiger partial charge in [-0.3, -0.25) is 0 Å². The molecule has 5 heteroatoms. The van der Waals surface area contributed by atoms with Gasteiger partial charge in [0, 0.05) is 25.6 Å². The number of ether oxygens (including phenoxy) is 2. The fourth-order valence-electron chi connectivity index (χ4n) is 3.13. The Morgan fingerprint density at radius 2 is 1.64 bits per heavy atom. The molecule has 1 heterocycles. The topological polar surface area (TPSA) is 50.8 Å². The third-order valence-corrected chi connectivity index (χ3v) is 4.67. The number of nitrogens with zero attached hydrogens (tertiary/aromatic N) is 1. The van der Waals surface area contributed by atoms with Crippen molar-refractivity contribution < 1.29 is 14.3 Å². The van der Waals surface area contributed by atoms with Crippen molar-refractivity contribution in [1.82, 2.24) is 10.2 Å². The number of methoxy groups -OCH3 is 2. The van der Waals surface area contributed by atoms with Gasteiger partial charge in [0.1, 0.15) is 11.5 Å². The summed E-state index contributed by atoms with van der Waals surface area (Å²) in [5.74, 6) is 2.06. The van der Waals surface area contributed by atoms with Crippen LogP contribution in [0.15, 0.2) is 48.5 Å². The van der Waals surface area contributed by atoms with Crippen LogP contribution in [0.5, 0.6) is 11.5 Å². The molecule has 5 nitrogen and oxygen atoms in total. The molecule has 2 aromatic rings. The highest BCUT2D eigenvalue weighted by atomic mass is 16.5. The van der Waals surface area contributed by atoms with Crippen LogP contribution in [0.1, 0.15) is 23.5 Å². The molecule has 1 N–H and O–H groups in total. The smallest absolute Gasteiger partial charge is 0.317 e. The van der Waals surface area contributed by atoms with Crippen LogP contribution in [-0.4, -0.2) is 38.2 Å². The first kappa shape index (κ1) is 17.1. The zero-order valence-electron chi connectivity index (χ0n) is 14.7. The van der Waals surface area contributed by atoms with Crippen molar-refractivity contribution in [2.24, 2.45) is 0 Å². The van der Waals surface area contributed by atoms with Crippen LogP contribution in [0.2, 0.25) is 0 Å². The molecule has 0 radical (unpaired) electrons. The summed E-state index contributed by atoms with van der Waals surface area (Å²) in [6, 6.07) is 15.8. The molecule has 1 saturated heterocycles. The quantitative estimate of drug-likeness (QED) is 0.907. The van der Waals surface area contributed by atoms with Crippen LogP contribution < -0.4 is 14.8 Å². The predicted molar refractivity (Wildman–Crippen MR) is 97.2 cm³/mol. The molecule has 1 atom stereocenters. The van der Waals surface area contributed by atoms with Crippen LogP contribution in [-0.2, 0) is 6.54 Å². The summed E-state index contributed by atoms with van der Waals surface area (Å²) >= 11 is 0. The molecule has 3 rings (SSSR count). The highest BCUT2D eigenvalue weighted by Gasteiger charge is 2.27. The maximum absolute atomic E-state index is 12.4. The molecule has 132 valence electrons. The summed E-state index contributed by atoms with van der Waals surface area (Å²) in [5.41, 5.74) is 2.31. The van der Waals surface area contributed by atoms with Crippen LogP contribution >= 0.6 is 0 Å². The number of urea groups is 1. The average molecular weight is 340 g/mol. The van der Waals surface area contributed by atoms with E-state index in [1.165, 1.54) is 5.56 Å². The van der Waals surface area contributed by atoms with Crippen molar-refractivity contribution in [2.75, 3.05) is 27.3 Å². The molecular formula is C20H24N2O3. The highest BCUT2D eigenvalue weighted by Crippen LogP contribution is 2.28. The third kappa shape index (κ3) is 4.24. The standard InChI is InChI=1S/C20H24N2O3/c1-24-18-7-3-15(4-8-18)13-21-20(23)22-12-11-17(14-22)16-5-9-19(25-2)10-6-16/h3-10,17H,11-14H2,1-2H3,(H,21,23). The van der Waals surface area contributed by atoms with Gasteiger partial charge in [0.15, 0.2) is 0 Å². The van der Waals surface area contributed by atoms with Gasteiger partial charge in [0.2, 0.25) is 0 Å². The molecule has 0 saturated carbocycles. The zero-order valence-corrected chi connectivity index (χ0v) is 14.7. The lowest BCUT2D eigenvalue weighted by Crippen LogP contribution is -2.37. The molecule has 1 unspecified atom stereocenters. The van der Waals surface area contributed by atoms with E-state index in [4.69, 9.17) is 9.47 Å². The van der Waals surface area contributed by atoms with Crippen molar-refractivity contribution in [3.63, 3.8) is 0 Å². The molecule has 2 amide bonds. The molecular weight excluding hydrogens is 316 g/mol. The van der Waals surface area contributed by atoms with E-state index in [0.717, 1.165) is 36.6 Å². The minimum atomic E-state index is -0.00757. The molecule has 2 aromatic carbocycles. The Hall–Kier alpha value is -2.69. The maximum atomic E-state index is 12.4. The molecule has 0 spiro atoms. The number of likely N-dealkylation sites (tertiary alicyclic amines) is 1. The summed E-state index contributed by atoms with van der Waals surface area (Å²) < 4.78 is 10.3. The van der Waals surface area contributed by atoms with Gasteiger partial charge in [-0.25, -0.2) is 4.79 Å². The number of carbonyl (C=O) groups excluding carboxylic acids is 1. The number of rotatable bonds is 5. The summed E-state index contributed by atoms with van der Waals surface area (Å²) in [6.45, 7) is 2.05. The first-order chi connectivity index (χ1) is 12.2. The summed E-state index contributed by atoms with van der Waals surface area (Å²) in [5, 5.41) is 2.99. The Morgan fingerprint density at radius 3 is 2.24 bits per heavy atom. The fourth-order valence-corrected chi connectivity index (χ4v) is 3.13. The van der Waals surface area contributed by atoms with Crippen molar-refractivity contribution in [3.8, 4) is 11.5 Å². The molecule has 1 aliphatic heterocycles. The van der Waals surface area contributed by atoms with E-state index in [-0.39, 0.29) is 6.03 Å². The second-order valence-corrected chi connectivity index (χ2v) is 6.21. The van der Waals surface area contributed by atoms with E-state index in [1.807, 2.05) is 41.3 Å². The van der Waals surface area contributed by atoms with E-state index < -0.39 is 0 Å². The van der Waals surface area contributed by atoms with E-state index in [0.29, 0.717) is 12.5 Å². The minimum absolute atomic E-state index is 0.00757. The summed E-state index contributed by atoms with van der Waals surface area (Å²) in [6.07, 6.45) is 0.988. The monoisotopic (exact) mass is 340 g/mol. The van der Waals surface area contributed by atoms with Crippen LogP contribution in [0, 0.1) is 0 Å². The van der Waals surface area contributed by atoms with E-state index in [2.05, 4.69) is 17.4 Å². The lowest BCUT2D eigenvalue weighted by Gasteiger charge is -2.18. The largest absolute Gasteiger partial charge is 0.497 e. The normalized spacial score (nSPS) is 16.6. The van der Waals surface area contributed by atoms with Crippen molar-refractivity contribution in [1.29, 1.82) is 0 Å². The van der Waals surface area contributed by atoms with Crippen LogP contribution in [0.4, 0.5) is 4.79 Å². The van der Waals surface area contributed by atoms with E-state index in [9.17, 15) is 4.79 Å². The minimum Gasteiger partial charge on any atom is -0.497 e. The molecule has 1 aliphatic rings. The Bertz CT molecular complexity index is 698. The molecule has 0 aliphatic carbocycles. The number of hydrogen-bond acceptors (Lipinski definition) is 3. The first-order valence-corrected chi connectivity index (χ1v) is 8.49. The lowest BCUT2D eigenvalue weighted by molar-refractivity contribution is 0.208. The van der Waals surface area contributed by atoms with Crippen molar-refractivity contribution >= 4 is 6.03 Å². The van der Waals surface area contributed by atoms with Gasteiger partial charge in [0.25, 0.3) is 0 Å². The van der Waals surface area contributed by atoms with Crippen molar-refractivity contribution in [2.45, 2.75) is 18.9 Å². The molecule has 0 aromatic heterocycles. The van der Waals surface area contributed by atoms with Gasteiger partial charge >= 0.3 is 6.03 Å². The second-order valence-electron chi connectivity index (χ2n) is 6.21. The highest BCUT2D eigenvalue weighted by molar-refractivity contribution is 5.74. The third-order valence-electron chi connectivity index (χ3n) is 4.67. The first-order valence-electron chi connectivity index (χ1n) is 8.49. The average Bonchev–Trinajstić information content (AvgIpc) is 3.17. The summed E-state index contributed by atoms with van der Waals surface area (Å²) in [4.78, 5) is 14.3. The van der Waals surface area contributed by atoms with Gasteiger partial charge in [-0.1, -0.05) is 24.3 Å². The Labute approximate surface area is 148 Å². The van der Waals surface area contributed by atoms with Gasteiger partial charge in [-0.15, -0.1) is 0 Å². The number of benzene rings is 2. The summed E-state index contributed by atoms with van der Waals surface area (Å²) in [7, 11) is 3.31. The fraction of sp³-hybridized carbons (Fsp3) is 0.350. The van der Waals surface area contributed by atoms with Crippen molar-refractivity contribution in [3.05, 3.63) is 59.7 Å². The van der Waals surface area contributed by atoms with Gasteiger partial charge in [-0.05, 0) is 41.8 Å². The number of carbonyl (C=O) groups is 1. The Morgan fingerprint density at radius 1 is 1.04 bits per heavy atom. The molecule has 25 heavy (non-hydrogen) atoms. The SMILES string of the molecule is COc1ccc(CNC(=O)N2CCC(c3ccc(OC)cc3)C2)cc1. The van der Waals surface area contributed by atoms with Crippen LogP contribution in [0.25, 0.3) is 0 Å². The van der Waals surface area contributed by atoms with Gasteiger partial charge < -0.3 is 19.7 Å². The van der Waals surface area contributed by atoms with E-state index in [1.54, 1.807) is 14.2 Å². The molecule has 1 fully saturated rings. The second kappa shape index (κ2) is 7.92. The molecule has 0 bridgehead atoms. The predicted octanol–water partition coefficient (Wildman–Crippen LogP) is 3.40. The Kier molecular flexibility index (Phi) is 5.43. The Balaban J connectivity index is 1.51. The van der Waals surface area contributed by atoms with Crippen LogP contribution in [0.3, 0.4) is 0 Å². The van der Waals surface area contributed by atoms with Gasteiger partial charge in [0.05, 0.1) is 14.2 Å². The zero-order chi connectivity index (χ0) is 17.6. The number of hydrogen-bond donors (Lipinski definition) is 1. The lowest BCUT2D eigenvalue weighted by atomic mass is 9.98. The van der Waals surface area contributed by atoms with Gasteiger partial charge in [-0.2, -0.15) is 0 Å².